The van der Waals surface area contributed by atoms with Gasteiger partial charge in [0.1, 0.15) is 0 Å². The van der Waals surface area contributed by atoms with Crippen molar-refractivity contribution in [3.05, 3.63) is 89.7 Å². The summed E-state index contributed by atoms with van der Waals surface area (Å²) in [6.45, 7) is 5.66. The number of carbonyl (C=O) groups is 1. The topological polar surface area (TPSA) is 92.3 Å². The van der Waals surface area contributed by atoms with Crippen molar-refractivity contribution in [2.24, 2.45) is 5.92 Å². The van der Waals surface area contributed by atoms with Crippen LogP contribution in [0.25, 0.3) is 22.2 Å². The lowest BCUT2D eigenvalue weighted by molar-refractivity contribution is 0.0955. The van der Waals surface area contributed by atoms with E-state index in [1.54, 1.807) is 41.0 Å². The lowest BCUT2D eigenvalue weighted by Gasteiger charge is -2.29. The molecule has 1 aliphatic heterocycles. The summed E-state index contributed by atoms with van der Waals surface area (Å²) in [6.07, 6.45) is 5.74. The number of nitrogens with one attached hydrogen (secondary N) is 1. The molecule has 1 amide bonds. The third kappa shape index (κ3) is 5.61. The molecule has 0 bridgehead atoms. The molecule has 0 radical (unpaired) electrons. The van der Waals surface area contributed by atoms with Crippen molar-refractivity contribution in [2.45, 2.75) is 38.0 Å². The zero-order valence-corrected chi connectivity index (χ0v) is 22.5. The predicted octanol–water partition coefficient (Wildman–Crippen LogP) is 5.00. The zero-order valence-electron chi connectivity index (χ0n) is 21.7. The molecule has 5 rings (SSSR count). The van der Waals surface area contributed by atoms with Gasteiger partial charge >= 0.3 is 0 Å². The minimum atomic E-state index is -3.67. The van der Waals surface area contributed by atoms with Crippen molar-refractivity contribution in [1.82, 2.24) is 19.6 Å². The fourth-order valence-electron chi connectivity index (χ4n) is 4.77. The van der Waals surface area contributed by atoms with Gasteiger partial charge in [-0.1, -0.05) is 36.8 Å². The molecule has 0 unspecified atom stereocenters. The van der Waals surface area contributed by atoms with Crippen LogP contribution in [0.1, 0.15) is 41.3 Å². The Hall–Kier alpha value is -3.62. The number of hydrogen-bond acceptors (Lipinski definition) is 5. The van der Waals surface area contributed by atoms with Gasteiger partial charge < -0.3 is 5.32 Å². The molecule has 196 valence electrons. The number of benzene rings is 2. The van der Waals surface area contributed by atoms with Crippen LogP contribution in [0.5, 0.6) is 0 Å². The van der Waals surface area contributed by atoms with Crippen LogP contribution in [-0.4, -0.2) is 48.2 Å². The van der Waals surface area contributed by atoms with Gasteiger partial charge in [0.25, 0.3) is 5.91 Å². The molecule has 4 aromatic rings. The Morgan fingerprint density at radius 2 is 1.71 bits per heavy atom. The van der Waals surface area contributed by atoms with Crippen molar-refractivity contribution >= 4 is 26.8 Å². The Bertz CT molecular complexity index is 1550. The van der Waals surface area contributed by atoms with E-state index in [9.17, 15) is 13.2 Å². The first-order valence-corrected chi connectivity index (χ1v) is 14.4. The SMILES string of the molecule is Cc1ccc(CCNC(=O)c2cc(-c3ccncc3)nc3ccc(S(=O)(=O)N4CCC(C)CC4)cc23)cc1. The molecule has 0 aliphatic carbocycles. The quantitative estimate of drug-likeness (QED) is 0.365. The summed E-state index contributed by atoms with van der Waals surface area (Å²) in [4.78, 5) is 22.5. The van der Waals surface area contributed by atoms with Crippen molar-refractivity contribution in [3.8, 4) is 11.3 Å². The maximum absolute atomic E-state index is 13.5. The molecule has 38 heavy (non-hydrogen) atoms. The number of nitrogens with zero attached hydrogens (tertiary/aromatic N) is 3. The number of sulfonamides is 1. The molecule has 0 saturated carbocycles. The van der Waals surface area contributed by atoms with Gasteiger partial charge in [-0.3, -0.25) is 9.78 Å². The summed E-state index contributed by atoms with van der Waals surface area (Å²) in [5.41, 5.74) is 4.75. The van der Waals surface area contributed by atoms with Crippen LogP contribution < -0.4 is 5.32 Å². The van der Waals surface area contributed by atoms with E-state index in [1.165, 1.54) is 5.56 Å². The van der Waals surface area contributed by atoms with E-state index in [-0.39, 0.29) is 10.8 Å². The number of aromatic nitrogens is 2. The summed E-state index contributed by atoms with van der Waals surface area (Å²) >= 11 is 0. The summed E-state index contributed by atoms with van der Waals surface area (Å²) in [6, 6.07) is 18.5. The smallest absolute Gasteiger partial charge is 0.252 e. The number of carbonyl (C=O) groups excluding carboxylic acids is 1. The van der Waals surface area contributed by atoms with Gasteiger partial charge in [0.05, 0.1) is 21.7 Å². The van der Waals surface area contributed by atoms with E-state index in [2.05, 4.69) is 41.5 Å². The van der Waals surface area contributed by atoms with Gasteiger partial charge in [0, 0.05) is 43.0 Å². The summed E-state index contributed by atoms with van der Waals surface area (Å²) in [5, 5.41) is 3.54. The monoisotopic (exact) mass is 528 g/mol. The highest BCUT2D eigenvalue weighted by Crippen LogP contribution is 2.29. The summed E-state index contributed by atoms with van der Waals surface area (Å²) < 4.78 is 28.5. The van der Waals surface area contributed by atoms with Crippen molar-refractivity contribution in [2.75, 3.05) is 19.6 Å². The van der Waals surface area contributed by atoms with Crippen molar-refractivity contribution in [1.29, 1.82) is 0 Å². The lowest BCUT2D eigenvalue weighted by atomic mass is 10.0. The largest absolute Gasteiger partial charge is 0.352 e. The van der Waals surface area contributed by atoms with E-state index in [4.69, 9.17) is 4.98 Å². The number of amides is 1. The highest BCUT2D eigenvalue weighted by Gasteiger charge is 2.29. The number of fused-ring (bicyclic) bond motifs is 1. The summed E-state index contributed by atoms with van der Waals surface area (Å²) in [7, 11) is -3.67. The van der Waals surface area contributed by atoms with Gasteiger partial charge in [-0.05, 0) is 74.1 Å². The van der Waals surface area contributed by atoms with Crippen LogP contribution in [0.15, 0.2) is 78.0 Å². The van der Waals surface area contributed by atoms with E-state index in [0.29, 0.717) is 54.1 Å². The number of rotatable bonds is 7. The molecule has 0 atom stereocenters. The molecule has 0 spiro atoms. The third-order valence-corrected chi connectivity index (χ3v) is 9.10. The van der Waals surface area contributed by atoms with Crippen molar-refractivity contribution < 1.29 is 13.2 Å². The second kappa shape index (κ2) is 11.0. The molecule has 1 saturated heterocycles. The Kier molecular flexibility index (Phi) is 7.53. The van der Waals surface area contributed by atoms with E-state index < -0.39 is 10.0 Å². The van der Waals surface area contributed by atoms with Crippen LogP contribution >= 0.6 is 0 Å². The van der Waals surface area contributed by atoms with Crippen LogP contribution in [0.2, 0.25) is 0 Å². The lowest BCUT2D eigenvalue weighted by Crippen LogP contribution is -2.37. The molecule has 2 aromatic carbocycles. The molecule has 8 heteroatoms. The fraction of sp³-hybridized carbons (Fsp3) is 0.300. The number of pyridine rings is 2. The molecule has 1 fully saturated rings. The first-order valence-electron chi connectivity index (χ1n) is 13.0. The standard InChI is InChI=1S/C30H32N4O3S/c1-21-3-5-23(6-4-21)9-16-32-30(35)27-20-29(24-10-14-31-15-11-24)33-28-8-7-25(19-26(27)28)38(36,37)34-17-12-22(2)13-18-34/h3-8,10-11,14-15,19-20,22H,9,12-13,16-18H2,1-2H3,(H,32,35). The highest BCUT2D eigenvalue weighted by molar-refractivity contribution is 7.89. The molecular formula is C30H32N4O3S. The van der Waals surface area contributed by atoms with Gasteiger partial charge in [0.2, 0.25) is 10.0 Å². The first kappa shape index (κ1) is 26.0. The Balaban J connectivity index is 1.49. The van der Waals surface area contributed by atoms with Gasteiger partial charge in [-0.2, -0.15) is 4.31 Å². The Morgan fingerprint density at radius 1 is 1.00 bits per heavy atom. The van der Waals surface area contributed by atoms with E-state index >= 15 is 0 Å². The number of piperidine rings is 1. The Morgan fingerprint density at radius 3 is 2.42 bits per heavy atom. The minimum Gasteiger partial charge on any atom is -0.352 e. The Labute approximate surface area is 224 Å². The van der Waals surface area contributed by atoms with Crippen LogP contribution in [0, 0.1) is 12.8 Å². The predicted molar refractivity (Wildman–Crippen MR) is 149 cm³/mol. The number of aryl methyl sites for hydroxylation is 1. The van der Waals surface area contributed by atoms with E-state index in [0.717, 1.165) is 24.0 Å². The van der Waals surface area contributed by atoms with E-state index in [1.807, 2.05) is 19.1 Å². The zero-order chi connectivity index (χ0) is 26.7. The first-order chi connectivity index (χ1) is 18.3. The van der Waals surface area contributed by atoms with Crippen LogP contribution in [-0.2, 0) is 16.4 Å². The molecule has 3 heterocycles. The summed E-state index contributed by atoms with van der Waals surface area (Å²) in [5.74, 6) is 0.255. The molecule has 1 N–H and O–H groups in total. The third-order valence-electron chi connectivity index (χ3n) is 7.20. The molecule has 7 nitrogen and oxygen atoms in total. The minimum absolute atomic E-state index is 0.187. The maximum Gasteiger partial charge on any atom is 0.252 e. The van der Waals surface area contributed by atoms with Crippen molar-refractivity contribution in [3.63, 3.8) is 0 Å². The average molecular weight is 529 g/mol. The maximum atomic E-state index is 13.5. The average Bonchev–Trinajstić information content (AvgIpc) is 2.94. The second-order valence-electron chi connectivity index (χ2n) is 10.0. The van der Waals surface area contributed by atoms with Crippen LogP contribution in [0.4, 0.5) is 0 Å². The number of hydrogen-bond donors (Lipinski definition) is 1. The van der Waals surface area contributed by atoms with Gasteiger partial charge in [0.15, 0.2) is 0 Å². The second-order valence-corrected chi connectivity index (χ2v) is 12.0. The van der Waals surface area contributed by atoms with Gasteiger partial charge in [-0.15, -0.1) is 0 Å². The van der Waals surface area contributed by atoms with Gasteiger partial charge in [-0.25, -0.2) is 13.4 Å². The highest BCUT2D eigenvalue weighted by atomic mass is 32.2. The molecule has 1 aliphatic rings. The molecule has 2 aromatic heterocycles. The molecular weight excluding hydrogens is 496 g/mol. The van der Waals surface area contributed by atoms with Crippen LogP contribution in [0.3, 0.4) is 0 Å². The fourth-order valence-corrected chi connectivity index (χ4v) is 6.26. The normalized spacial score (nSPS) is 15.0.